The summed E-state index contributed by atoms with van der Waals surface area (Å²) >= 11 is 0. The lowest BCUT2D eigenvalue weighted by atomic mass is 9.94. The summed E-state index contributed by atoms with van der Waals surface area (Å²) in [5.74, 6) is 0.959. The summed E-state index contributed by atoms with van der Waals surface area (Å²) in [5, 5.41) is 3.58. The lowest BCUT2D eigenvalue weighted by Crippen LogP contribution is -2.40. The van der Waals surface area contributed by atoms with E-state index in [9.17, 15) is 0 Å². The van der Waals surface area contributed by atoms with Gasteiger partial charge in [-0.3, -0.25) is 0 Å². The molecule has 0 amide bonds. The Kier molecular flexibility index (Phi) is 4.58. The van der Waals surface area contributed by atoms with Gasteiger partial charge >= 0.3 is 0 Å². The molecule has 0 bridgehead atoms. The van der Waals surface area contributed by atoms with Gasteiger partial charge in [0.05, 0.1) is 11.8 Å². The van der Waals surface area contributed by atoms with Crippen LogP contribution in [0.25, 0.3) is 0 Å². The van der Waals surface area contributed by atoms with Gasteiger partial charge in [-0.25, -0.2) is 0 Å². The first kappa shape index (κ1) is 13.6. The second-order valence-corrected chi connectivity index (χ2v) is 4.96. The van der Waals surface area contributed by atoms with E-state index in [1.807, 2.05) is 24.3 Å². The Balaban J connectivity index is 1.96. The van der Waals surface area contributed by atoms with Gasteiger partial charge in [0.1, 0.15) is 5.76 Å². The fourth-order valence-corrected chi connectivity index (χ4v) is 2.27. The number of hydrogen-bond donors (Lipinski definition) is 1. The molecule has 1 heterocycles. The number of nitrogens with one attached hydrogen (secondary N) is 1. The van der Waals surface area contributed by atoms with E-state index in [1.54, 1.807) is 6.26 Å². The quantitative estimate of drug-likeness (QED) is 0.759. The van der Waals surface area contributed by atoms with Crippen LogP contribution in [-0.4, -0.2) is 6.54 Å². The molecule has 0 aliphatic carbocycles. The third-order valence-corrected chi connectivity index (χ3v) is 3.39. The van der Waals surface area contributed by atoms with Gasteiger partial charge < -0.3 is 9.73 Å². The lowest BCUT2D eigenvalue weighted by Gasteiger charge is -2.27. The molecule has 2 heteroatoms. The predicted octanol–water partition coefficient (Wildman–Crippen LogP) is 3.90. The highest BCUT2D eigenvalue weighted by molar-refractivity contribution is 5.16. The Labute approximate surface area is 115 Å². The highest BCUT2D eigenvalue weighted by atomic mass is 16.3. The molecule has 0 saturated heterocycles. The van der Waals surface area contributed by atoms with Crippen LogP contribution in [-0.2, 0) is 12.0 Å². The zero-order valence-electron chi connectivity index (χ0n) is 11.4. The van der Waals surface area contributed by atoms with Crippen molar-refractivity contribution in [2.24, 2.45) is 0 Å². The van der Waals surface area contributed by atoms with E-state index in [0.29, 0.717) is 0 Å². The first-order valence-electron chi connectivity index (χ1n) is 6.68. The van der Waals surface area contributed by atoms with Crippen LogP contribution >= 0.6 is 0 Å². The first-order chi connectivity index (χ1) is 9.24. The summed E-state index contributed by atoms with van der Waals surface area (Å²) in [5.41, 5.74) is 1.16. The molecule has 0 fully saturated rings. The van der Waals surface area contributed by atoms with Crippen molar-refractivity contribution in [3.8, 4) is 0 Å². The molecular formula is C17H21NO. The molecule has 0 saturated carbocycles. The molecule has 2 nitrogen and oxygen atoms in total. The normalized spacial score (nSPS) is 13.9. The van der Waals surface area contributed by atoms with Crippen LogP contribution in [0.1, 0.15) is 24.7 Å². The van der Waals surface area contributed by atoms with Crippen LogP contribution in [0.3, 0.4) is 0 Å². The van der Waals surface area contributed by atoms with Crippen molar-refractivity contribution in [3.05, 3.63) is 72.7 Å². The van der Waals surface area contributed by atoms with E-state index < -0.39 is 0 Å². The van der Waals surface area contributed by atoms with Gasteiger partial charge in [-0.05, 0) is 37.5 Å². The smallest absolute Gasteiger partial charge is 0.123 e. The maximum atomic E-state index is 5.54. The van der Waals surface area contributed by atoms with E-state index in [4.69, 9.17) is 4.42 Å². The van der Waals surface area contributed by atoms with Crippen molar-refractivity contribution in [1.29, 1.82) is 0 Å². The number of benzene rings is 1. The zero-order chi connectivity index (χ0) is 13.6. The summed E-state index contributed by atoms with van der Waals surface area (Å²) < 4.78 is 5.54. The van der Waals surface area contributed by atoms with Gasteiger partial charge in [0.2, 0.25) is 0 Å². The van der Waals surface area contributed by atoms with Gasteiger partial charge in [0, 0.05) is 6.54 Å². The molecule has 0 radical (unpaired) electrons. The van der Waals surface area contributed by atoms with Crippen LogP contribution in [0.5, 0.6) is 0 Å². The molecule has 2 aromatic rings. The van der Waals surface area contributed by atoms with Gasteiger partial charge in [0.25, 0.3) is 0 Å². The Morgan fingerprint density at radius 2 is 2.00 bits per heavy atom. The zero-order valence-corrected chi connectivity index (χ0v) is 11.4. The van der Waals surface area contributed by atoms with Crippen LogP contribution in [0.4, 0.5) is 0 Å². The summed E-state index contributed by atoms with van der Waals surface area (Å²) in [4.78, 5) is 0. The Hall–Kier alpha value is -1.80. The summed E-state index contributed by atoms with van der Waals surface area (Å²) in [6.07, 6.45) is 5.50. The molecule has 0 aliphatic rings. The van der Waals surface area contributed by atoms with Crippen LogP contribution in [0, 0.1) is 0 Å². The van der Waals surface area contributed by atoms with E-state index in [1.165, 1.54) is 5.56 Å². The Morgan fingerprint density at radius 3 is 2.63 bits per heavy atom. The second-order valence-electron chi connectivity index (χ2n) is 4.96. The third kappa shape index (κ3) is 3.58. The van der Waals surface area contributed by atoms with E-state index >= 15 is 0 Å². The molecule has 0 aliphatic heterocycles. The minimum absolute atomic E-state index is 0.181. The topological polar surface area (TPSA) is 25.2 Å². The lowest BCUT2D eigenvalue weighted by molar-refractivity contribution is 0.298. The summed E-state index contributed by atoms with van der Waals surface area (Å²) in [7, 11) is 0. The van der Waals surface area contributed by atoms with Crippen molar-refractivity contribution in [1.82, 2.24) is 5.32 Å². The van der Waals surface area contributed by atoms with Crippen molar-refractivity contribution < 1.29 is 4.42 Å². The molecule has 1 atom stereocenters. The minimum Gasteiger partial charge on any atom is -0.467 e. The molecule has 1 N–H and O–H groups in total. The van der Waals surface area contributed by atoms with E-state index in [-0.39, 0.29) is 5.54 Å². The highest BCUT2D eigenvalue weighted by Gasteiger charge is 2.27. The molecule has 1 unspecified atom stereocenters. The average molecular weight is 255 g/mol. The largest absolute Gasteiger partial charge is 0.467 e. The number of furan rings is 1. The maximum Gasteiger partial charge on any atom is 0.123 e. The second kappa shape index (κ2) is 6.39. The fourth-order valence-electron chi connectivity index (χ4n) is 2.27. The summed E-state index contributed by atoms with van der Waals surface area (Å²) in [6, 6.07) is 14.4. The van der Waals surface area contributed by atoms with Crippen molar-refractivity contribution in [2.75, 3.05) is 6.54 Å². The van der Waals surface area contributed by atoms with Gasteiger partial charge in [0.15, 0.2) is 0 Å². The average Bonchev–Trinajstić information content (AvgIpc) is 2.95. The standard InChI is InChI=1S/C17H21NO/c1-3-12-17(2,16-10-7-14-19-16)18-13-11-15-8-5-4-6-9-15/h3-10,14,18H,1,11-13H2,2H3. The minimum atomic E-state index is -0.181. The molecule has 100 valence electrons. The molecular weight excluding hydrogens is 234 g/mol. The summed E-state index contributed by atoms with van der Waals surface area (Å²) in [6.45, 7) is 6.90. The highest BCUT2D eigenvalue weighted by Crippen LogP contribution is 2.25. The molecule has 1 aromatic heterocycles. The van der Waals surface area contributed by atoms with Crippen LogP contribution in [0.2, 0.25) is 0 Å². The molecule has 19 heavy (non-hydrogen) atoms. The number of rotatable bonds is 7. The molecule has 0 spiro atoms. The Bertz CT molecular complexity index is 489. The molecule has 2 rings (SSSR count). The van der Waals surface area contributed by atoms with Crippen LogP contribution < -0.4 is 5.32 Å². The monoisotopic (exact) mass is 255 g/mol. The van der Waals surface area contributed by atoms with Crippen LogP contribution in [0.15, 0.2) is 65.8 Å². The van der Waals surface area contributed by atoms with E-state index in [2.05, 4.69) is 43.1 Å². The first-order valence-corrected chi connectivity index (χ1v) is 6.68. The SMILES string of the molecule is C=CCC(C)(NCCc1ccccc1)c1ccco1. The third-order valence-electron chi connectivity index (χ3n) is 3.39. The maximum absolute atomic E-state index is 5.54. The van der Waals surface area contributed by atoms with Crippen molar-refractivity contribution in [2.45, 2.75) is 25.3 Å². The fraction of sp³-hybridized carbons (Fsp3) is 0.294. The van der Waals surface area contributed by atoms with Gasteiger partial charge in [-0.2, -0.15) is 0 Å². The Morgan fingerprint density at radius 1 is 1.21 bits per heavy atom. The predicted molar refractivity (Wildman–Crippen MR) is 79.0 cm³/mol. The van der Waals surface area contributed by atoms with E-state index in [0.717, 1.165) is 25.1 Å². The van der Waals surface area contributed by atoms with Gasteiger partial charge in [-0.1, -0.05) is 36.4 Å². The van der Waals surface area contributed by atoms with Gasteiger partial charge in [-0.15, -0.1) is 6.58 Å². The van der Waals surface area contributed by atoms with Crippen molar-refractivity contribution in [3.63, 3.8) is 0 Å². The number of hydrogen-bond acceptors (Lipinski definition) is 2. The van der Waals surface area contributed by atoms with Crippen molar-refractivity contribution >= 4 is 0 Å². The molecule has 1 aromatic carbocycles.